The summed E-state index contributed by atoms with van der Waals surface area (Å²) >= 11 is 5.99. The molecule has 1 aliphatic rings. The molecule has 1 aromatic carbocycles. The number of halogens is 1. The highest BCUT2D eigenvalue weighted by Gasteiger charge is 2.28. The molecule has 1 heterocycles. The zero-order chi connectivity index (χ0) is 14.5. The number of carboxylic acids is 1. The van der Waals surface area contributed by atoms with Gasteiger partial charge in [-0.1, -0.05) is 11.6 Å². The molecule has 0 radical (unpaired) electrons. The number of hydrogen-bond donors (Lipinski definition) is 1. The van der Waals surface area contributed by atoms with Gasteiger partial charge in [0.2, 0.25) is 0 Å². The summed E-state index contributed by atoms with van der Waals surface area (Å²) in [5, 5.41) is 10.0. The number of ether oxygens (including phenoxy) is 2. The number of benzene rings is 1. The number of morpholine rings is 1. The predicted molar refractivity (Wildman–Crippen MR) is 75.5 cm³/mol. The molecule has 0 aromatic heterocycles. The molecule has 20 heavy (non-hydrogen) atoms. The van der Waals surface area contributed by atoms with Crippen molar-refractivity contribution in [3.05, 3.63) is 28.8 Å². The fourth-order valence-electron chi connectivity index (χ4n) is 2.38. The van der Waals surface area contributed by atoms with Gasteiger partial charge in [-0.2, -0.15) is 0 Å². The van der Waals surface area contributed by atoms with Gasteiger partial charge in [-0.3, -0.25) is 9.69 Å². The molecule has 1 aromatic rings. The third kappa shape index (κ3) is 3.62. The van der Waals surface area contributed by atoms with Gasteiger partial charge >= 0.3 is 5.97 Å². The van der Waals surface area contributed by atoms with Crippen LogP contribution in [0, 0.1) is 0 Å². The molecule has 0 amide bonds. The highest BCUT2D eigenvalue weighted by Crippen LogP contribution is 2.25. The van der Waals surface area contributed by atoms with E-state index in [2.05, 4.69) is 0 Å². The maximum atomic E-state index is 11.5. The van der Waals surface area contributed by atoms with E-state index < -0.39 is 12.0 Å². The van der Waals surface area contributed by atoms with Crippen molar-refractivity contribution in [3.63, 3.8) is 0 Å². The summed E-state index contributed by atoms with van der Waals surface area (Å²) in [6.07, 6.45) is 0.360. The molecular formula is C14H18ClNO4. The highest BCUT2D eigenvalue weighted by molar-refractivity contribution is 6.30. The Kier molecular flexibility index (Phi) is 5.23. The Morgan fingerprint density at radius 2 is 2.20 bits per heavy atom. The number of methoxy groups -OCH3 is 1. The van der Waals surface area contributed by atoms with Crippen LogP contribution in [0.1, 0.15) is 5.56 Å². The lowest BCUT2D eigenvalue weighted by molar-refractivity contribution is -0.145. The number of carboxylic acid groups (broad SMARTS) is 1. The van der Waals surface area contributed by atoms with Crippen LogP contribution in [0.5, 0.6) is 5.75 Å². The van der Waals surface area contributed by atoms with E-state index in [4.69, 9.17) is 21.1 Å². The van der Waals surface area contributed by atoms with Gasteiger partial charge in [0.25, 0.3) is 0 Å². The van der Waals surface area contributed by atoms with Crippen molar-refractivity contribution >= 4 is 17.6 Å². The van der Waals surface area contributed by atoms with Crippen molar-refractivity contribution in [3.8, 4) is 5.75 Å². The molecule has 0 aliphatic carbocycles. The van der Waals surface area contributed by atoms with Crippen LogP contribution in [0.25, 0.3) is 0 Å². The van der Waals surface area contributed by atoms with Crippen molar-refractivity contribution in [1.29, 1.82) is 0 Å². The van der Waals surface area contributed by atoms with Gasteiger partial charge < -0.3 is 14.6 Å². The maximum Gasteiger partial charge on any atom is 0.321 e. The lowest BCUT2D eigenvalue weighted by Crippen LogP contribution is -2.48. The lowest BCUT2D eigenvalue weighted by atomic mass is 10.0. The highest BCUT2D eigenvalue weighted by atomic mass is 35.5. The Morgan fingerprint density at radius 1 is 1.50 bits per heavy atom. The molecule has 2 rings (SSSR count). The van der Waals surface area contributed by atoms with Crippen LogP contribution >= 0.6 is 11.6 Å². The molecule has 1 unspecified atom stereocenters. The SMILES string of the molecule is COc1ccc(Cl)cc1CC(C(=O)O)N1CCOCC1. The molecule has 0 bridgehead atoms. The van der Waals surface area contributed by atoms with E-state index in [9.17, 15) is 9.90 Å². The Labute approximate surface area is 123 Å². The predicted octanol–water partition coefficient (Wildman–Crippen LogP) is 1.68. The Balaban J connectivity index is 2.19. The minimum Gasteiger partial charge on any atom is -0.496 e. The summed E-state index contributed by atoms with van der Waals surface area (Å²) in [6, 6.07) is 4.66. The molecule has 1 fully saturated rings. The van der Waals surface area contributed by atoms with E-state index in [0.717, 1.165) is 5.56 Å². The zero-order valence-electron chi connectivity index (χ0n) is 11.3. The Bertz CT molecular complexity index is 474. The topological polar surface area (TPSA) is 59.0 Å². The summed E-state index contributed by atoms with van der Waals surface area (Å²) in [5.41, 5.74) is 0.805. The third-order valence-electron chi connectivity index (χ3n) is 3.43. The second-order valence-electron chi connectivity index (χ2n) is 4.66. The smallest absolute Gasteiger partial charge is 0.321 e. The van der Waals surface area contributed by atoms with E-state index >= 15 is 0 Å². The van der Waals surface area contributed by atoms with E-state index in [1.165, 1.54) is 0 Å². The fourth-order valence-corrected chi connectivity index (χ4v) is 2.57. The molecule has 0 saturated carbocycles. The van der Waals surface area contributed by atoms with Crippen LogP contribution in [-0.4, -0.2) is 55.4 Å². The van der Waals surface area contributed by atoms with Crippen LogP contribution in [0.15, 0.2) is 18.2 Å². The molecule has 6 heteroatoms. The van der Waals surface area contributed by atoms with Gasteiger partial charge in [0.1, 0.15) is 11.8 Å². The van der Waals surface area contributed by atoms with Crippen LogP contribution in [0.4, 0.5) is 0 Å². The van der Waals surface area contributed by atoms with Gasteiger partial charge in [0.05, 0.1) is 20.3 Å². The average Bonchev–Trinajstić information content (AvgIpc) is 2.45. The van der Waals surface area contributed by atoms with Gasteiger partial charge in [-0.05, 0) is 23.8 Å². The zero-order valence-corrected chi connectivity index (χ0v) is 12.1. The van der Waals surface area contributed by atoms with Gasteiger partial charge in [-0.15, -0.1) is 0 Å². The van der Waals surface area contributed by atoms with Crippen molar-refractivity contribution in [2.75, 3.05) is 33.4 Å². The summed E-state index contributed by atoms with van der Waals surface area (Å²) in [6.45, 7) is 2.38. The second kappa shape index (κ2) is 6.92. The summed E-state index contributed by atoms with van der Waals surface area (Å²) in [4.78, 5) is 13.5. The van der Waals surface area contributed by atoms with Gasteiger partial charge in [0, 0.05) is 24.5 Å². The summed E-state index contributed by atoms with van der Waals surface area (Å²) in [7, 11) is 1.57. The van der Waals surface area contributed by atoms with Crippen molar-refractivity contribution in [2.24, 2.45) is 0 Å². The third-order valence-corrected chi connectivity index (χ3v) is 3.66. The molecule has 1 aliphatic heterocycles. The van der Waals surface area contributed by atoms with Gasteiger partial charge in [-0.25, -0.2) is 0 Å². The molecule has 1 saturated heterocycles. The number of carbonyl (C=O) groups is 1. The summed E-state index contributed by atoms with van der Waals surface area (Å²) < 4.78 is 10.5. The molecular weight excluding hydrogens is 282 g/mol. The Morgan fingerprint density at radius 3 is 2.80 bits per heavy atom. The number of rotatable bonds is 5. The van der Waals surface area contributed by atoms with Crippen LogP contribution in [0.2, 0.25) is 5.02 Å². The van der Waals surface area contributed by atoms with Crippen molar-refractivity contribution < 1.29 is 19.4 Å². The standard InChI is InChI=1S/C14H18ClNO4/c1-19-13-3-2-11(15)8-10(13)9-12(14(17)18)16-4-6-20-7-5-16/h2-3,8,12H,4-7,9H2,1H3,(H,17,18). The minimum absolute atomic E-state index is 0.360. The van der Waals surface area contributed by atoms with E-state index in [1.807, 2.05) is 4.90 Å². The van der Waals surface area contributed by atoms with E-state index in [-0.39, 0.29) is 0 Å². The largest absolute Gasteiger partial charge is 0.496 e. The number of hydrogen-bond acceptors (Lipinski definition) is 4. The van der Waals surface area contributed by atoms with Crippen molar-refractivity contribution in [1.82, 2.24) is 4.90 Å². The van der Waals surface area contributed by atoms with Crippen molar-refractivity contribution in [2.45, 2.75) is 12.5 Å². The minimum atomic E-state index is -0.839. The first-order valence-electron chi connectivity index (χ1n) is 6.49. The Hall–Kier alpha value is -1.30. The molecule has 1 N–H and O–H groups in total. The quantitative estimate of drug-likeness (QED) is 0.896. The van der Waals surface area contributed by atoms with Gasteiger partial charge in [0.15, 0.2) is 0 Å². The van der Waals surface area contributed by atoms with Crippen LogP contribution in [-0.2, 0) is 16.0 Å². The number of nitrogens with zero attached hydrogens (tertiary/aromatic N) is 1. The van der Waals surface area contributed by atoms with Crippen LogP contribution in [0.3, 0.4) is 0 Å². The first-order valence-corrected chi connectivity index (χ1v) is 6.86. The van der Waals surface area contributed by atoms with Crippen LogP contribution < -0.4 is 4.74 Å². The van der Waals surface area contributed by atoms with E-state index in [1.54, 1.807) is 25.3 Å². The fraction of sp³-hybridized carbons (Fsp3) is 0.500. The molecule has 1 atom stereocenters. The second-order valence-corrected chi connectivity index (χ2v) is 5.10. The average molecular weight is 300 g/mol. The number of aliphatic carboxylic acids is 1. The first kappa shape index (κ1) is 15.1. The summed E-state index contributed by atoms with van der Waals surface area (Å²) in [5.74, 6) is -0.178. The monoisotopic (exact) mass is 299 g/mol. The van der Waals surface area contributed by atoms with E-state index in [0.29, 0.717) is 43.5 Å². The molecule has 5 nitrogen and oxygen atoms in total. The molecule has 0 spiro atoms. The normalized spacial score (nSPS) is 17.7. The molecule has 110 valence electrons. The first-order chi connectivity index (χ1) is 9.61. The lowest BCUT2D eigenvalue weighted by Gasteiger charge is -2.32. The maximum absolute atomic E-state index is 11.5.